The number of tetrazole rings is 1. The predicted octanol–water partition coefficient (Wildman–Crippen LogP) is 5.14. The molecule has 0 radical (unpaired) electrons. The zero-order chi connectivity index (χ0) is 22.3. The lowest BCUT2D eigenvalue weighted by atomic mass is 9.77. The first-order valence-electron chi connectivity index (χ1n) is 12.2. The van der Waals surface area contributed by atoms with E-state index in [0.29, 0.717) is 12.4 Å². The van der Waals surface area contributed by atoms with Crippen LogP contribution in [-0.4, -0.2) is 44.3 Å². The molecule has 0 spiro atoms. The van der Waals surface area contributed by atoms with Gasteiger partial charge in [-0.15, -0.1) is 5.10 Å². The Bertz CT molecular complexity index is 1270. The fourth-order valence-electron chi connectivity index (χ4n) is 6.18. The van der Waals surface area contributed by atoms with Crippen LogP contribution in [-0.2, 0) is 23.0 Å². The van der Waals surface area contributed by atoms with Crippen LogP contribution in [0.1, 0.15) is 61.9 Å². The van der Waals surface area contributed by atoms with Crippen LogP contribution in [0.3, 0.4) is 0 Å². The third-order valence-electron chi connectivity index (χ3n) is 7.65. The van der Waals surface area contributed by atoms with Gasteiger partial charge in [0, 0.05) is 40.9 Å². The summed E-state index contributed by atoms with van der Waals surface area (Å²) in [6.07, 6.45) is 12.2. The van der Waals surface area contributed by atoms with Gasteiger partial charge in [-0.05, 0) is 72.2 Å². The zero-order valence-electron chi connectivity index (χ0n) is 19.2. The number of aryl methyl sites for hydroxylation is 1. The molecule has 3 heterocycles. The van der Waals surface area contributed by atoms with Gasteiger partial charge < -0.3 is 9.72 Å². The second-order valence-corrected chi connectivity index (χ2v) is 9.61. The molecule has 0 atom stereocenters. The van der Waals surface area contributed by atoms with Gasteiger partial charge in [0.05, 0.1) is 17.9 Å². The van der Waals surface area contributed by atoms with E-state index in [9.17, 15) is 0 Å². The molecule has 2 aliphatic carbocycles. The molecule has 1 saturated carbocycles. The summed E-state index contributed by atoms with van der Waals surface area (Å²) in [5.41, 5.74) is 8.30. The van der Waals surface area contributed by atoms with E-state index in [-0.39, 0.29) is 5.41 Å². The van der Waals surface area contributed by atoms with Crippen molar-refractivity contribution in [2.75, 3.05) is 13.7 Å². The fourth-order valence-corrected chi connectivity index (χ4v) is 6.18. The number of nitrogens with zero attached hydrogens (tertiary/aromatic N) is 4. The number of methoxy groups -OCH3 is 1. The van der Waals surface area contributed by atoms with Crippen molar-refractivity contribution in [1.82, 2.24) is 30.6 Å². The third-order valence-corrected chi connectivity index (χ3v) is 7.65. The van der Waals surface area contributed by atoms with Gasteiger partial charge in [-0.1, -0.05) is 31.4 Å². The summed E-state index contributed by atoms with van der Waals surface area (Å²) in [6, 6.07) is 8.70. The molecule has 7 heteroatoms. The van der Waals surface area contributed by atoms with E-state index in [1.165, 1.54) is 59.9 Å². The molecule has 1 fully saturated rings. The van der Waals surface area contributed by atoms with E-state index in [2.05, 4.69) is 49.9 Å². The Kier molecular flexibility index (Phi) is 5.21. The lowest BCUT2D eigenvalue weighted by Gasteiger charge is -2.32. The first kappa shape index (κ1) is 20.5. The smallest absolute Gasteiger partial charge is 0.181 e. The van der Waals surface area contributed by atoms with Gasteiger partial charge in [-0.3, -0.25) is 4.98 Å². The van der Waals surface area contributed by atoms with Gasteiger partial charge in [0.2, 0.25) is 0 Å². The van der Waals surface area contributed by atoms with Crippen molar-refractivity contribution in [3.63, 3.8) is 0 Å². The molecule has 170 valence electrons. The third kappa shape index (κ3) is 3.37. The number of ether oxygens (including phenoxy) is 1. The van der Waals surface area contributed by atoms with Gasteiger partial charge in [0.1, 0.15) is 0 Å². The second-order valence-electron chi connectivity index (χ2n) is 9.61. The summed E-state index contributed by atoms with van der Waals surface area (Å²) in [7, 11) is 1.81. The number of aromatic nitrogens is 6. The van der Waals surface area contributed by atoms with Gasteiger partial charge >= 0.3 is 0 Å². The Labute approximate surface area is 193 Å². The Morgan fingerprint density at radius 3 is 2.70 bits per heavy atom. The number of hydrogen-bond acceptors (Lipinski definition) is 5. The molecule has 3 aromatic heterocycles. The summed E-state index contributed by atoms with van der Waals surface area (Å²) < 4.78 is 5.82. The predicted molar refractivity (Wildman–Crippen MR) is 128 cm³/mol. The number of rotatable bonds is 5. The van der Waals surface area contributed by atoms with Crippen LogP contribution >= 0.6 is 0 Å². The van der Waals surface area contributed by atoms with E-state index in [4.69, 9.17) is 9.72 Å². The zero-order valence-corrected chi connectivity index (χ0v) is 19.2. The molecular formula is C26H30N6O. The topological polar surface area (TPSA) is 92.4 Å². The first-order chi connectivity index (χ1) is 16.3. The standard InChI is InChI=1S/C26H30N6O/c1-33-16-26(13-5-6-14-26)24-23(25-29-31-32-30-25)22(19-8-3-2-4-10-21(19)28-24)18-9-7-11-20-17(18)12-15-27-20/h7,9,11-12,15,27H,2-6,8,10,13-14,16H2,1H3,(H,29,30,31,32). The van der Waals surface area contributed by atoms with Crippen LogP contribution in [0.25, 0.3) is 33.4 Å². The minimum absolute atomic E-state index is 0.112. The minimum atomic E-state index is -0.112. The molecule has 0 bridgehead atoms. The van der Waals surface area contributed by atoms with Gasteiger partial charge in [0.25, 0.3) is 0 Å². The quantitative estimate of drug-likeness (QED) is 0.418. The fraction of sp³-hybridized carbons (Fsp3) is 0.462. The minimum Gasteiger partial charge on any atom is -0.384 e. The highest BCUT2D eigenvalue weighted by atomic mass is 16.5. The maximum absolute atomic E-state index is 5.82. The molecule has 7 nitrogen and oxygen atoms in total. The molecule has 0 aliphatic heterocycles. The molecule has 33 heavy (non-hydrogen) atoms. The Morgan fingerprint density at radius 2 is 1.88 bits per heavy atom. The summed E-state index contributed by atoms with van der Waals surface area (Å²) >= 11 is 0. The highest BCUT2D eigenvalue weighted by Crippen LogP contribution is 2.49. The van der Waals surface area contributed by atoms with Crippen LogP contribution in [0.15, 0.2) is 30.5 Å². The van der Waals surface area contributed by atoms with Crippen LogP contribution in [0.2, 0.25) is 0 Å². The molecule has 4 aromatic rings. The molecule has 6 rings (SSSR count). The van der Waals surface area contributed by atoms with Gasteiger partial charge in [-0.2, -0.15) is 0 Å². The van der Waals surface area contributed by atoms with Crippen molar-refractivity contribution < 1.29 is 4.74 Å². The molecule has 0 unspecified atom stereocenters. The largest absolute Gasteiger partial charge is 0.384 e. The lowest BCUT2D eigenvalue weighted by molar-refractivity contribution is 0.129. The Hall–Kier alpha value is -3.06. The summed E-state index contributed by atoms with van der Waals surface area (Å²) in [5, 5.41) is 16.7. The number of hydrogen-bond donors (Lipinski definition) is 2. The van der Waals surface area contributed by atoms with Gasteiger partial charge in [-0.25, -0.2) is 5.10 Å². The van der Waals surface area contributed by atoms with E-state index in [1.807, 2.05) is 6.20 Å². The van der Waals surface area contributed by atoms with Crippen molar-refractivity contribution in [3.8, 4) is 22.5 Å². The average Bonchev–Trinajstić information content (AvgIpc) is 3.59. The van der Waals surface area contributed by atoms with Crippen molar-refractivity contribution >= 4 is 10.9 Å². The highest BCUT2D eigenvalue weighted by Gasteiger charge is 2.41. The number of H-pyrrole nitrogens is 2. The van der Waals surface area contributed by atoms with E-state index < -0.39 is 0 Å². The number of pyridine rings is 1. The van der Waals surface area contributed by atoms with Crippen LogP contribution < -0.4 is 0 Å². The monoisotopic (exact) mass is 442 g/mol. The number of fused-ring (bicyclic) bond motifs is 2. The SMILES string of the molecule is COCC1(c2nc3c(c(-c4cccc5[nH]ccc45)c2-c2nnn[nH]2)CCCCC3)CCCC1. The van der Waals surface area contributed by atoms with Crippen LogP contribution in [0.5, 0.6) is 0 Å². The first-order valence-corrected chi connectivity index (χ1v) is 12.2. The van der Waals surface area contributed by atoms with Crippen LogP contribution in [0, 0.1) is 0 Å². The molecule has 1 aromatic carbocycles. The molecule has 2 aliphatic rings. The molecule has 0 amide bonds. The number of aromatic amines is 2. The summed E-state index contributed by atoms with van der Waals surface area (Å²) in [4.78, 5) is 8.84. The molecular weight excluding hydrogens is 412 g/mol. The maximum Gasteiger partial charge on any atom is 0.181 e. The lowest BCUT2D eigenvalue weighted by Crippen LogP contribution is -2.31. The van der Waals surface area contributed by atoms with E-state index in [0.717, 1.165) is 42.5 Å². The normalized spacial score (nSPS) is 17.8. The van der Waals surface area contributed by atoms with E-state index >= 15 is 0 Å². The van der Waals surface area contributed by atoms with E-state index in [1.54, 1.807) is 7.11 Å². The highest BCUT2D eigenvalue weighted by molar-refractivity contribution is 6.00. The second kappa shape index (κ2) is 8.37. The Balaban J connectivity index is 1.74. The van der Waals surface area contributed by atoms with Crippen molar-refractivity contribution in [2.45, 2.75) is 63.2 Å². The van der Waals surface area contributed by atoms with Crippen molar-refractivity contribution in [2.24, 2.45) is 0 Å². The maximum atomic E-state index is 5.82. The molecule has 2 N–H and O–H groups in total. The van der Waals surface area contributed by atoms with Crippen molar-refractivity contribution in [3.05, 3.63) is 47.4 Å². The number of benzene rings is 1. The summed E-state index contributed by atoms with van der Waals surface area (Å²) in [5.74, 6) is 0.703. The van der Waals surface area contributed by atoms with Gasteiger partial charge in [0.15, 0.2) is 5.82 Å². The Morgan fingerprint density at radius 1 is 1.00 bits per heavy atom. The van der Waals surface area contributed by atoms with Crippen LogP contribution in [0.4, 0.5) is 0 Å². The number of nitrogens with one attached hydrogen (secondary N) is 2. The average molecular weight is 443 g/mol. The summed E-state index contributed by atoms with van der Waals surface area (Å²) in [6.45, 7) is 0.668. The molecule has 0 saturated heterocycles. The van der Waals surface area contributed by atoms with Crippen molar-refractivity contribution in [1.29, 1.82) is 0 Å².